The van der Waals surface area contributed by atoms with E-state index >= 15 is 0 Å². The minimum Gasteiger partial charge on any atom is -0.205 e. The molecule has 0 spiro atoms. The SMILES string of the molecule is CC(C)c1cc(-c2ccccc2)cc(Cl)c1F. The quantitative estimate of drug-likeness (QED) is 0.679. The topological polar surface area (TPSA) is 0 Å². The number of benzene rings is 2. The fourth-order valence-corrected chi connectivity index (χ4v) is 2.05. The minimum absolute atomic E-state index is 0.121. The Balaban J connectivity index is 2.57. The summed E-state index contributed by atoms with van der Waals surface area (Å²) in [5.74, 6) is -0.183. The van der Waals surface area contributed by atoms with E-state index in [-0.39, 0.29) is 16.8 Å². The molecule has 2 aromatic carbocycles. The van der Waals surface area contributed by atoms with Crippen LogP contribution in [0.15, 0.2) is 42.5 Å². The molecule has 0 atom stereocenters. The Hall–Kier alpha value is -1.34. The van der Waals surface area contributed by atoms with Gasteiger partial charge in [-0.15, -0.1) is 0 Å². The summed E-state index contributed by atoms with van der Waals surface area (Å²) in [4.78, 5) is 0. The van der Waals surface area contributed by atoms with Crippen LogP contribution in [0, 0.1) is 5.82 Å². The molecule has 88 valence electrons. The highest BCUT2D eigenvalue weighted by molar-refractivity contribution is 6.31. The largest absolute Gasteiger partial charge is 0.205 e. The maximum atomic E-state index is 13.8. The van der Waals surface area contributed by atoms with Crippen LogP contribution in [0.25, 0.3) is 11.1 Å². The lowest BCUT2D eigenvalue weighted by atomic mass is 9.97. The molecule has 17 heavy (non-hydrogen) atoms. The Morgan fingerprint density at radius 1 is 1.00 bits per heavy atom. The molecule has 0 aliphatic carbocycles. The van der Waals surface area contributed by atoms with Gasteiger partial charge in [0.1, 0.15) is 5.82 Å². The molecule has 2 aromatic rings. The van der Waals surface area contributed by atoms with Crippen LogP contribution in [0.5, 0.6) is 0 Å². The molecule has 0 radical (unpaired) electrons. The standard InChI is InChI=1S/C15H14ClF/c1-10(2)13-8-12(9-14(16)15(13)17)11-6-4-3-5-7-11/h3-10H,1-2H3. The Labute approximate surface area is 106 Å². The summed E-state index contributed by atoms with van der Waals surface area (Å²) in [6, 6.07) is 13.4. The molecule has 0 saturated heterocycles. The van der Waals surface area contributed by atoms with Crippen LogP contribution >= 0.6 is 11.6 Å². The van der Waals surface area contributed by atoms with Gasteiger partial charge in [-0.05, 0) is 34.7 Å². The van der Waals surface area contributed by atoms with Crippen molar-refractivity contribution >= 4 is 11.6 Å². The van der Waals surface area contributed by atoms with Gasteiger partial charge in [-0.3, -0.25) is 0 Å². The summed E-state index contributed by atoms with van der Waals surface area (Å²) < 4.78 is 13.8. The number of rotatable bonds is 2. The summed E-state index contributed by atoms with van der Waals surface area (Å²) in [7, 11) is 0. The van der Waals surface area contributed by atoms with Crippen LogP contribution in [-0.4, -0.2) is 0 Å². The molecular weight excluding hydrogens is 235 g/mol. The van der Waals surface area contributed by atoms with Crippen LogP contribution in [0.4, 0.5) is 4.39 Å². The summed E-state index contributed by atoms with van der Waals surface area (Å²) in [5.41, 5.74) is 2.67. The van der Waals surface area contributed by atoms with Crippen LogP contribution < -0.4 is 0 Å². The lowest BCUT2D eigenvalue weighted by Gasteiger charge is -2.11. The molecule has 0 nitrogen and oxygen atoms in total. The van der Waals surface area contributed by atoms with Crippen molar-refractivity contribution < 1.29 is 4.39 Å². The van der Waals surface area contributed by atoms with Gasteiger partial charge in [0.05, 0.1) is 5.02 Å². The zero-order valence-electron chi connectivity index (χ0n) is 9.87. The predicted octanol–water partition coefficient (Wildman–Crippen LogP) is 5.27. The first-order valence-corrected chi connectivity index (χ1v) is 6.01. The molecule has 2 heteroatoms. The van der Waals surface area contributed by atoms with Crippen molar-refractivity contribution in [2.75, 3.05) is 0 Å². The van der Waals surface area contributed by atoms with Crippen molar-refractivity contribution in [2.24, 2.45) is 0 Å². The fraction of sp³-hybridized carbons (Fsp3) is 0.200. The molecule has 2 rings (SSSR count). The molecule has 0 aliphatic rings. The van der Waals surface area contributed by atoms with Gasteiger partial charge in [0.15, 0.2) is 0 Å². The molecule has 0 aromatic heterocycles. The second-order valence-electron chi connectivity index (χ2n) is 4.38. The van der Waals surface area contributed by atoms with Crippen LogP contribution in [0.1, 0.15) is 25.3 Å². The van der Waals surface area contributed by atoms with E-state index in [1.54, 1.807) is 6.07 Å². The Kier molecular flexibility index (Phi) is 3.49. The average molecular weight is 249 g/mol. The van der Waals surface area contributed by atoms with Crippen LogP contribution in [0.3, 0.4) is 0 Å². The molecule has 0 unspecified atom stereocenters. The minimum atomic E-state index is -0.304. The van der Waals surface area contributed by atoms with E-state index in [0.29, 0.717) is 5.56 Å². The zero-order chi connectivity index (χ0) is 12.4. The molecule has 0 aliphatic heterocycles. The fourth-order valence-electron chi connectivity index (χ4n) is 1.83. The smallest absolute Gasteiger partial charge is 0.145 e. The second-order valence-corrected chi connectivity index (χ2v) is 4.79. The normalized spacial score (nSPS) is 10.9. The third kappa shape index (κ3) is 2.50. The maximum Gasteiger partial charge on any atom is 0.145 e. The van der Waals surface area contributed by atoms with Gasteiger partial charge in [-0.25, -0.2) is 4.39 Å². The van der Waals surface area contributed by atoms with Gasteiger partial charge < -0.3 is 0 Å². The highest BCUT2D eigenvalue weighted by Gasteiger charge is 2.12. The van der Waals surface area contributed by atoms with Gasteiger partial charge in [-0.1, -0.05) is 55.8 Å². The first-order valence-electron chi connectivity index (χ1n) is 5.64. The third-order valence-electron chi connectivity index (χ3n) is 2.79. The molecular formula is C15H14ClF. The summed E-state index contributed by atoms with van der Waals surface area (Å²) in [5, 5.41) is 0.190. The highest BCUT2D eigenvalue weighted by atomic mass is 35.5. The molecule has 0 fully saturated rings. The van der Waals surface area contributed by atoms with Crippen molar-refractivity contribution in [3.63, 3.8) is 0 Å². The van der Waals surface area contributed by atoms with Gasteiger partial charge in [-0.2, -0.15) is 0 Å². The van der Waals surface area contributed by atoms with E-state index in [0.717, 1.165) is 11.1 Å². The van der Waals surface area contributed by atoms with Gasteiger partial charge in [0.25, 0.3) is 0 Å². The van der Waals surface area contributed by atoms with Crippen molar-refractivity contribution in [3.05, 3.63) is 58.9 Å². The first-order chi connectivity index (χ1) is 8.09. The molecule has 0 bridgehead atoms. The second kappa shape index (κ2) is 4.89. The lowest BCUT2D eigenvalue weighted by molar-refractivity contribution is 0.599. The molecule has 0 heterocycles. The Bertz CT molecular complexity index is 518. The lowest BCUT2D eigenvalue weighted by Crippen LogP contribution is -1.95. The molecule has 0 amide bonds. The van der Waals surface area contributed by atoms with Gasteiger partial charge in [0, 0.05) is 0 Å². The van der Waals surface area contributed by atoms with Crippen molar-refractivity contribution in [2.45, 2.75) is 19.8 Å². The maximum absolute atomic E-state index is 13.8. The first kappa shape index (κ1) is 12.1. The van der Waals surface area contributed by atoms with E-state index in [1.165, 1.54) is 0 Å². The Morgan fingerprint density at radius 2 is 1.65 bits per heavy atom. The number of hydrogen-bond acceptors (Lipinski definition) is 0. The number of halogens is 2. The van der Waals surface area contributed by atoms with Gasteiger partial charge >= 0.3 is 0 Å². The van der Waals surface area contributed by atoms with E-state index in [4.69, 9.17) is 11.6 Å². The van der Waals surface area contributed by atoms with E-state index < -0.39 is 0 Å². The highest BCUT2D eigenvalue weighted by Crippen LogP contribution is 2.31. The van der Waals surface area contributed by atoms with Crippen molar-refractivity contribution in [1.82, 2.24) is 0 Å². The van der Waals surface area contributed by atoms with Crippen molar-refractivity contribution in [3.8, 4) is 11.1 Å². The predicted molar refractivity (Wildman–Crippen MR) is 70.9 cm³/mol. The summed E-state index contributed by atoms with van der Waals surface area (Å²) in [6.45, 7) is 3.92. The van der Waals surface area contributed by atoms with E-state index in [9.17, 15) is 4.39 Å². The summed E-state index contributed by atoms with van der Waals surface area (Å²) in [6.07, 6.45) is 0. The molecule has 0 saturated carbocycles. The Morgan fingerprint density at radius 3 is 2.24 bits per heavy atom. The summed E-state index contributed by atoms with van der Waals surface area (Å²) >= 11 is 5.94. The van der Waals surface area contributed by atoms with Crippen LogP contribution in [-0.2, 0) is 0 Å². The number of hydrogen-bond donors (Lipinski definition) is 0. The van der Waals surface area contributed by atoms with Crippen molar-refractivity contribution in [1.29, 1.82) is 0 Å². The van der Waals surface area contributed by atoms with Crippen LogP contribution in [0.2, 0.25) is 5.02 Å². The monoisotopic (exact) mass is 248 g/mol. The zero-order valence-corrected chi connectivity index (χ0v) is 10.6. The van der Waals surface area contributed by atoms with Gasteiger partial charge in [0.2, 0.25) is 0 Å². The average Bonchev–Trinajstić information content (AvgIpc) is 2.33. The third-order valence-corrected chi connectivity index (χ3v) is 3.06. The van der Waals surface area contributed by atoms with E-state index in [1.807, 2.05) is 50.2 Å². The molecule has 0 N–H and O–H groups in total. The van der Waals surface area contributed by atoms with E-state index in [2.05, 4.69) is 0 Å².